The maximum atomic E-state index is 12.7. The van der Waals surface area contributed by atoms with Gasteiger partial charge in [0, 0.05) is 16.5 Å². The van der Waals surface area contributed by atoms with Gasteiger partial charge in [-0.25, -0.2) is 4.39 Å². The van der Waals surface area contributed by atoms with Crippen molar-refractivity contribution in [2.24, 2.45) is 0 Å². The molecule has 1 aromatic carbocycles. The molecule has 0 aliphatic rings. The van der Waals surface area contributed by atoms with Crippen LogP contribution >= 0.6 is 23.4 Å². The summed E-state index contributed by atoms with van der Waals surface area (Å²) in [6.45, 7) is 0. The number of carbonyl (C=O) groups is 1. The summed E-state index contributed by atoms with van der Waals surface area (Å²) < 4.78 is 12.7. The fourth-order valence-electron chi connectivity index (χ4n) is 0.980. The predicted molar refractivity (Wildman–Crippen MR) is 59.8 cm³/mol. The molecule has 5 heteroatoms. The number of halogens is 2. The molecule has 0 bridgehead atoms. The van der Waals surface area contributed by atoms with Crippen molar-refractivity contribution in [3.8, 4) is 0 Å². The Balaban J connectivity index is 2.40. The number of hydrogen-bond acceptors (Lipinski definition) is 2. The van der Waals surface area contributed by atoms with Gasteiger partial charge < -0.3 is 5.11 Å². The van der Waals surface area contributed by atoms with E-state index >= 15 is 0 Å². The molecule has 0 aliphatic carbocycles. The van der Waals surface area contributed by atoms with Gasteiger partial charge in [0.25, 0.3) is 0 Å². The van der Waals surface area contributed by atoms with Crippen molar-refractivity contribution in [3.63, 3.8) is 0 Å². The standard InChI is InChI=1S/C10H10ClFO2S/c11-9-5-8(12)2-1-7(9)6-15-4-3-10(13)14/h1-2,5H,3-4,6H2,(H,13,14). The zero-order valence-electron chi connectivity index (χ0n) is 7.87. The number of aliphatic carboxylic acids is 1. The third-order valence-corrected chi connectivity index (χ3v) is 3.09. The molecular weight excluding hydrogens is 239 g/mol. The van der Waals surface area contributed by atoms with E-state index in [2.05, 4.69) is 0 Å². The van der Waals surface area contributed by atoms with Crippen LogP contribution in [-0.4, -0.2) is 16.8 Å². The normalized spacial score (nSPS) is 10.3. The van der Waals surface area contributed by atoms with Gasteiger partial charge in [-0.15, -0.1) is 0 Å². The van der Waals surface area contributed by atoms with Crippen LogP contribution in [0.15, 0.2) is 18.2 Å². The summed E-state index contributed by atoms with van der Waals surface area (Å²) in [5.41, 5.74) is 0.827. The molecule has 0 fully saturated rings. The summed E-state index contributed by atoms with van der Waals surface area (Å²) in [6, 6.07) is 4.22. The predicted octanol–water partition coefficient (Wildman–Crippen LogP) is 3.19. The first-order valence-corrected chi connectivity index (χ1v) is 5.86. The van der Waals surface area contributed by atoms with Crippen molar-refractivity contribution in [1.29, 1.82) is 0 Å². The van der Waals surface area contributed by atoms with Crippen LogP contribution in [0.4, 0.5) is 4.39 Å². The first-order chi connectivity index (χ1) is 7.09. The molecule has 0 heterocycles. The summed E-state index contributed by atoms with van der Waals surface area (Å²) in [5.74, 6) is -0.0397. The van der Waals surface area contributed by atoms with Crippen LogP contribution < -0.4 is 0 Å². The molecule has 15 heavy (non-hydrogen) atoms. The molecule has 1 N–H and O–H groups in total. The van der Waals surface area contributed by atoms with Crippen LogP contribution in [0.2, 0.25) is 5.02 Å². The van der Waals surface area contributed by atoms with E-state index < -0.39 is 5.97 Å². The van der Waals surface area contributed by atoms with Crippen LogP contribution in [0.1, 0.15) is 12.0 Å². The Labute approximate surface area is 96.4 Å². The molecule has 0 radical (unpaired) electrons. The highest BCUT2D eigenvalue weighted by Crippen LogP contribution is 2.22. The van der Waals surface area contributed by atoms with E-state index in [1.165, 1.54) is 23.9 Å². The minimum Gasteiger partial charge on any atom is -0.481 e. The van der Waals surface area contributed by atoms with Crippen molar-refractivity contribution in [2.75, 3.05) is 5.75 Å². The number of carboxylic acids is 1. The van der Waals surface area contributed by atoms with E-state index in [4.69, 9.17) is 16.7 Å². The molecule has 2 nitrogen and oxygen atoms in total. The van der Waals surface area contributed by atoms with Gasteiger partial charge in [-0.3, -0.25) is 4.79 Å². The van der Waals surface area contributed by atoms with Crippen LogP contribution in [0.5, 0.6) is 0 Å². The van der Waals surface area contributed by atoms with Gasteiger partial charge in [-0.1, -0.05) is 17.7 Å². The van der Waals surface area contributed by atoms with Crippen LogP contribution in [0.3, 0.4) is 0 Å². The monoisotopic (exact) mass is 248 g/mol. The topological polar surface area (TPSA) is 37.3 Å². The number of carboxylic acid groups (broad SMARTS) is 1. The highest BCUT2D eigenvalue weighted by atomic mass is 35.5. The largest absolute Gasteiger partial charge is 0.481 e. The molecule has 0 aliphatic heterocycles. The zero-order chi connectivity index (χ0) is 11.3. The molecule has 1 rings (SSSR count). The Bertz CT molecular complexity index is 357. The molecule has 82 valence electrons. The number of benzene rings is 1. The van der Waals surface area contributed by atoms with Crippen molar-refractivity contribution >= 4 is 29.3 Å². The smallest absolute Gasteiger partial charge is 0.304 e. The molecular formula is C10H10ClFO2S. The Morgan fingerprint density at radius 1 is 1.53 bits per heavy atom. The molecule has 1 aromatic rings. The summed E-state index contributed by atoms with van der Waals surface area (Å²) in [5, 5.41) is 8.80. The third kappa shape index (κ3) is 4.53. The van der Waals surface area contributed by atoms with Crippen LogP contribution in [0.25, 0.3) is 0 Å². The van der Waals surface area contributed by atoms with Crippen molar-refractivity contribution in [2.45, 2.75) is 12.2 Å². The molecule has 0 unspecified atom stereocenters. The third-order valence-electron chi connectivity index (χ3n) is 1.73. The van der Waals surface area contributed by atoms with Crippen LogP contribution in [0, 0.1) is 5.82 Å². The highest BCUT2D eigenvalue weighted by Gasteiger charge is 2.03. The lowest BCUT2D eigenvalue weighted by molar-refractivity contribution is -0.136. The SMILES string of the molecule is O=C(O)CCSCc1ccc(F)cc1Cl. The minimum absolute atomic E-state index is 0.128. The first-order valence-electron chi connectivity index (χ1n) is 4.33. The van der Waals surface area contributed by atoms with Gasteiger partial charge in [0.15, 0.2) is 0 Å². The first kappa shape index (κ1) is 12.3. The van der Waals surface area contributed by atoms with Gasteiger partial charge in [-0.05, 0) is 17.7 Å². The summed E-state index contributed by atoms with van der Waals surface area (Å²) >= 11 is 7.27. The number of hydrogen-bond donors (Lipinski definition) is 1. The van der Waals surface area contributed by atoms with Crippen LogP contribution in [-0.2, 0) is 10.5 Å². The summed E-state index contributed by atoms with van der Waals surface area (Å²) in [4.78, 5) is 10.2. The molecule has 0 spiro atoms. The quantitative estimate of drug-likeness (QED) is 0.814. The summed E-state index contributed by atoms with van der Waals surface area (Å²) in [6.07, 6.45) is 0.128. The Morgan fingerprint density at radius 2 is 2.27 bits per heavy atom. The zero-order valence-corrected chi connectivity index (χ0v) is 9.45. The lowest BCUT2D eigenvalue weighted by Crippen LogP contribution is -1.96. The van der Waals surface area contributed by atoms with Gasteiger partial charge >= 0.3 is 5.97 Å². The number of rotatable bonds is 5. The van der Waals surface area contributed by atoms with Gasteiger partial charge in [0.2, 0.25) is 0 Å². The molecule has 0 aromatic heterocycles. The molecule has 0 amide bonds. The van der Waals surface area contributed by atoms with E-state index in [-0.39, 0.29) is 12.2 Å². The maximum absolute atomic E-state index is 12.7. The van der Waals surface area contributed by atoms with E-state index in [9.17, 15) is 9.18 Å². The van der Waals surface area contributed by atoms with Crippen molar-refractivity contribution in [3.05, 3.63) is 34.6 Å². The highest BCUT2D eigenvalue weighted by molar-refractivity contribution is 7.98. The molecule has 0 saturated carbocycles. The Kier molecular flexibility index (Phi) is 4.91. The fourth-order valence-corrected chi connectivity index (χ4v) is 2.23. The minimum atomic E-state index is -0.812. The molecule has 0 saturated heterocycles. The van der Waals surface area contributed by atoms with Crippen molar-refractivity contribution in [1.82, 2.24) is 0 Å². The second-order valence-electron chi connectivity index (χ2n) is 2.93. The number of thioether (sulfide) groups is 1. The lowest BCUT2D eigenvalue weighted by Gasteiger charge is -2.03. The van der Waals surface area contributed by atoms with E-state index in [0.29, 0.717) is 16.5 Å². The van der Waals surface area contributed by atoms with Gasteiger partial charge in [0.1, 0.15) is 5.82 Å². The Hall–Kier alpha value is -0.740. The fraction of sp³-hybridized carbons (Fsp3) is 0.300. The maximum Gasteiger partial charge on any atom is 0.304 e. The van der Waals surface area contributed by atoms with E-state index in [1.807, 2.05) is 0 Å². The lowest BCUT2D eigenvalue weighted by atomic mass is 10.2. The molecule has 0 atom stereocenters. The van der Waals surface area contributed by atoms with E-state index in [1.54, 1.807) is 6.07 Å². The Morgan fingerprint density at radius 3 is 2.87 bits per heavy atom. The van der Waals surface area contributed by atoms with Gasteiger partial charge in [0.05, 0.1) is 6.42 Å². The second-order valence-corrected chi connectivity index (χ2v) is 4.44. The summed E-state index contributed by atoms with van der Waals surface area (Å²) in [7, 11) is 0. The average molecular weight is 249 g/mol. The van der Waals surface area contributed by atoms with E-state index in [0.717, 1.165) is 5.56 Å². The van der Waals surface area contributed by atoms with Crippen molar-refractivity contribution < 1.29 is 14.3 Å². The second kappa shape index (κ2) is 5.98. The average Bonchev–Trinajstić information content (AvgIpc) is 2.14. The van der Waals surface area contributed by atoms with Gasteiger partial charge in [-0.2, -0.15) is 11.8 Å².